The van der Waals surface area contributed by atoms with E-state index in [0.29, 0.717) is 11.0 Å². The van der Waals surface area contributed by atoms with Crippen LogP contribution in [0.4, 0.5) is 0 Å². The van der Waals surface area contributed by atoms with Crippen molar-refractivity contribution in [2.24, 2.45) is 0 Å². The molecule has 0 bridgehead atoms. The van der Waals surface area contributed by atoms with Crippen molar-refractivity contribution in [2.75, 3.05) is 0 Å². The van der Waals surface area contributed by atoms with E-state index >= 15 is 0 Å². The summed E-state index contributed by atoms with van der Waals surface area (Å²) < 4.78 is 12.3. The van der Waals surface area contributed by atoms with Gasteiger partial charge in [-0.05, 0) is 63.0 Å². The molecule has 1 aliphatic rings. The number of carbonyl (C=O) groups is 1. The first-order valence-corrected chi connectivity index (χ1v) is 9.64. The monoisotopic (exact) mass is 386 g/mol. The summed E-state index contributed by atoms with van der Waals surface area (Å²) in [5.74, 6) is 0. The fourth-order valence-electron chi connectivity index (χ4n) is 3.27. The van der Waals surface area contributed by atoms with Crippen LogP contribution in [-0.2, 0) is 9.31 Å². The lowest BCUT2D eigenvalue weighted by molar-refractivity contribution is 0.00578. The van der Waals surface area contributed by atoms with Gasteiger partial charge in [-0.1, -0.05) is 30.3 Å². The molecule has 29 heavy (non-hydrogen) atoms. The van der Waals surface area contributed by atoms with Gasteiger partial charge >= 0.3 is 7.12 Å². The molecule has 2 aromatic heterocycles. The summed E-state index contributed by atoms with van der Waals surface area (Å²) in [5.41, 5.74) is 3.58. The summed E-state index contributed by atoms with van der Waals surface area (Å²) in [6, 6.07) is 17.2. The van der Waals surface area contributed by atoms with E-state index in [1.165, 1.54) is 0 Å². The lowest BCUT2D eigenvalue weighted by Crippen LogP contribution is -2.41. The Morgan fingerprint density at radius 2 is 1.55 bits per heavy atom. The molecule has 0 amide bonds. The molecule has 146 valence electrons. The zero-order chi connectivity index (χ0) is 20.6. The third-order valence-corrected chi connectivity index (χ3v) is 5.69. The van der Waals surface area contributed by atoms with Crippen LogP contribution in [0, 0.1) is 0 Å². The summed E-state index contributed by atoms with van der Waals surface area (Å²) in [7, 11) is -0.612. The molecular formula is C23H23BN2O3. The van der Waals surface area contributed by atoms with E-state index in [4.69, 9.17) is 14.3 Å². The van der Waals surface area contributed by atoms with Crippen molar-refractivity contribution >= 4 is 18.9 Å². The minimum atomic E-state index is -0.612. The van der Waals surface area contributed by atoms with Crippen molar-refractivity contribution in [3.63, 3.8) is 0 Å². The van der Waals surface area contributed by atoms with E-state index < -0.39 is 18.3 Å². The molecule has 0 spiro atoms. The van der Waals surface area contributed by atoms with Crippen LogP contribution in [0.3, 0.4) is 0 Å². The Morgan fingerprint density at radius 1 is 0.862 bits per heavy atom. The fraction of sp³-hybridized carbons (Fsp3) is 0.261. The zero-order valence-electron chi connectivity index (χ0n) is 17.0. The van der Waals surface area contributed by atoms with Crippen LogP contribution in [-0.4, -0.2) is 34.6 Å². The van der Waals surface area contributed by atoms with E-state index in [-0.39, 0.29) is 0 Å². The number of rotatable bonds is 4. The number of carbonyl (C=O) groups excluding carboxylic acids is 1. The van der Waals surface area contributed by atoms with Crippen molar-refractivity contribution in [1.82, 2.24) is 9.97 Å². The van der Waals surface area contributed by atoms with Crippen LogP contribution in [0.1, 0.15) is 38.1 Å². The van der Waals surface area contributed by atoms with Crippen LogP contribution in [0.2, 0.25) is 0 Å². The largest absolute Gasteiger partial charge is 0.495 e. The highest BCUT2D eigenvalue weighted by molar-refractivity contribution is 6.63. The molecule has 0 radical (unpaired) electrons. The predicted octanol–water partition coefficient (Wildman–Crippen LogP) is 3.92. The molecule has 5 nitrogen and oxygen atoms in total. The Hall–Kier alpha value is -2.83. The molecule has 6 heteroatoms. The first-order valence-electron chi connectivity index (χ1n) is 9.64. The summed E-state index contributed by atoms with van der Waals surface area (Å²) in [4.78, 5) is 20.8. The quantitative estimate of drug-likeness (QED) is 0.502. The molecule has 0 atom stereocenters. The summed E-state index contributed by atoms with van der Waals surface area (Å²) in [6.45, 7) is 7.98. The van der Waals surface area contributed by atoms with E-state index in [1.807, 2.05) is 76.2 Å². The molecule has 4 rings (SSSR count). The van der Waals surface area contributed by atoms with Crippen LogP contribution in [0.25, 0.3) is 22.6 Å². The molecule has 1 aliphatic heterocycles. The molecule has 1 saturated heterocycles. The van der Waals surface area contributed by atoms with Gasteiger partial charge in [-0.15, -0.1) is 0 Å². The number of hydrogen-bond acceptors (Lipinski definition) is 5. The van der Waals surface area contributed by atoms with Crippen LogP contribution >= 0.6 is 0 Å². The smallest absolute Gasteiger partial charge is 0.399 e. The Bertz CT molecular complexity index is 1030. The fourth-order valence-corrected chi connectivity index (χ4v) is 3.27. The van der Waals surface area contributed by atoms with Crippen molar-refractivity contribution in [1.29, 1.82) is 0 Å². The second-order valence-electron chi connectivity index (χ2n) is 8.17. The van der Waals surface area contributed by atoms with Gasteiger partial charge < -0.3 is 9.31 Å². The van der Waals surface area contributed by atoms with E-state index in [1.54, 1.807) is 12.3 Å². The average molecular weight is 386 g/mol. The van der Waals surface area contributed by atoms with Gasteiger partial charge in [0.1, 0.15) is 6.29 Å². The second-order valence-corrected chi connectivity index (χ2v) is 8.17. The van der Waals surface area contributed by atoms with Crippen molar-refractivity contribution < 1.29 is 14.1 Å². The predicted molar refractivity (Wildman–Crippen MR) is 114 cm³/mol. The van der Waals surface area contributed by atoms with Gasteiger partial charge in [-0.3, -0.25) is 9.78 Å². The van der Waals surface area contributed by atoms with Gasteiger partial charge in [-0.25, -0.2) is 4.98 Å². The standard InChI is InChI=1S/C23H23BN2O3/c1-22(2)23(3,4)29-24(28-22)18-14-16(11-12-17(18)15-27)19-9-7-10-21(26-19)20-8-5-6-13-25-20/h5-15H,1-4H3. The highest BCUT2D eigenvalue weighted by atomic mass is 16.7. The van der Waals surface area contributed by atoms with E-state index in [9.17, 15) is 4.79 Å². The highest BCUT2D eigenvalue weighted by Crippen LogP contribution is 2.37. The third-order valence-electron chi connectivity index (χ3n) is 5.69. The second kappa shape index (κ2) is 7.21. The molecule has 0 saturated carbocycles. The topological polar surface area (TPSA) is 61.3 Å². The van der Waals surface area contributed by atoms with Gasteiger partial charge in [0, 0.05) is 11.8 Å². The molecule has 1 aromatic carbocycles. The molecule has 0 N–H and O–H groups in total. The van der Waals surface area contributed by atoms with Gasteiger partial charge in [-0.2, -0.15) is 0 Å². The molecule has 0 unspecified atom stereocenters. The molecular weight excluding hydrogens is 363 g/mol. The Morgan fingerprint density at radius 3 is 2.21 bits per heavy atom. The molecule has 3 heterocycles. The Balaban J connectivity index is 1.74. The zero-order valence-corrected chi connectivity index (χ0v) is 17.0. The van der Waals surface area contributed by atoms with Crippen LogP contribution in [0.15, 0.2) is 60.8 Å². The SMILES string of the molecule is CC1(C)OB(c2cc(-c3cccc(-c4ccccn4)n3)ccc2C=O)OC1(C)C. The first kappa shape index (κ1) is 19.5. The Kier molecular flexibility index (Phi) is 4.85. The number of pyridine rings is 2. The summed E-state index contributed by atoms with van der Waals surface area (Å²) in [5, 5.41) is 0. The number of nitrogens with zero attached hydrogens (tertiary/aromatic N) is 2. The number of hydrogen-bond donors (Lipinski definition) is 0. The average Bonchev–Trinajstić information content (AvgIpc) is 2.95. The Labute approximate surface area is 171 Å². The minimum Gasteiger partial charge on any atom is -0.399 e. The van der Waals surface area contributed by atoms with Gasteiger partial charge in [0.15, 0.2) is 0 Å². The number of aromatic nitrogens is 2. The summed E-state index contributed by atoms with van der Waals surface area (Å²) in [6.07, 6.45) is 2.58. The maximum atomic E-state index is 11.7. The third kappa shape index (κ3) is 3.61. The first-order chi connectivity index (χ1) is 13.8. The molecule has 3 aromatic rings. The molecule has 1 fully saturated rings. The van der Waals surface area contributed by atoms with Crippen LogP contribution < -0.4 is 5.46 Å². The number of benzene rings is 1. The normalized spacial score (nSPS) is 17.3. The van der Waals surface area contributed by atoms with E-state index in [0.717, 1.165) is 28.9 Å². The molecule has 0 aliphatic carbocycles. The van der Waals surface area contributed by atoms with Gasteiger partial charge in [0.2, 0.25) is 0 Å². The van der Waals surface area contributed by atoms with Crippen molar-refractivity contribution in [2.45, 2.75) is 38.9 Å². The van der Waals surface area contributed by atoms with Crippen LogP contribution in [0.5, 0.6) is 0 Å². The highest BCUT2D eigenvalue weighted by Gasteiger charge is 2.52. The lowest BCUT2D eigenvalue weighted by Gasteiger charge is -2.32. The lowest BCUT2D eigenvalue weighted by atomic mass is 9.75. The summed E-state index contributed by atoms with van der Waals surface area (Å²) >= 11 is 0. The van der Waals surface area contributed by atoms with Gasteiger partial charge in [0.25, 0.3) is 0 Å². The van der Waals surface area contributed by atoms with Gasteiger partial charge in [0.05, 0.1) is 28.3 Å². The maximum Gasteiger partial charge on any atom is 0.495 e. The maximum absolute atomic E-state index is 11.7. The van der Waals surface area contributed by atoms with E-state index in [2.05, 4.69) is 4.98 Å². The minimum absolute atomic E-state index is 0.481. The van der Waals surface area contributed by atoms with Crippen molar-refractivity contribution in [3.05, 3.63) is 66.4 Å². The number of aldehydes is 1. The van der Waals surface area contributed by atoms with Crippen molar-refractivity contribution in [3.8, 4) is 22.6 Å².